The highest BCUT2D eigenvalue weighted by molar-refractivity contribution is 5.37. The van der Waals surface area contributed by atoms with Gasteiger partial charge in [0.1, 0.15) is 0 Å². The Bertz CT molecular complexity index is 105. The minimum Gasteiger partial charge on any atom is -0.438 e. The standard InChI is InChI=1S/C8H16O4/c1-3-4-10-5-6-11-8(2)12-7-9/h7-8H,3-6H2,1-2H3. The predicted molar refractivity (Wildman–Crippen MR) is 43.7 cm³/mol. The molecule has 4 nitrogen and oxygen atoms in total. The summed E-state index contributed by atoms with van der Waals surface area (Å²) in [6.07, 6.45) is 0.521. The lowest BCUT2D eigenvalue weighted by atomic mass is 10.5. The second-order valence-corrected chi connectivity index (χ2v) is 2.28. The molecule has 0 rings (SSSR count). The van der Waals surface area contributed by atoms with Gasteiger partial charge in [0.25, 0.3) is 6.47 Å². The van der Waals surface area contributed by atoms with Crippen molar-refractivity contribution in [3.8, 4) is 0 Å². The van der Waals surface area contributed by atoms with E-state index < -0.39 is 6.29 Å². The van der Waals surface area contributed by atoms with Crippen molar-refractivity contribution < 1.29 is 19.0 Å². The van der Waals surface area contributed by atoms with Gasteiger partial charge in [0.2, 0.25) is 0 Å². The lowest BCUT2D eigenvalue weighted by Crippen LogP contribution is -2.15. The van der Waals surface area contributed by atoms with Crippen LogP contribution < -0.4 is 0 Å². The second kappa shape index (κ2) is 8.49. The SMILES string of the molecule is CCCOCCOC(C)OC=O. The summed E-state index contributed by atoms with van der Waals surface area (Å²) in [4.78, 5) is 9.82. The monoisotopic (exact) mass is 176 g/mol. The third kappa shape index (κ3) is 7.50. The summed E-state index contributed by atoms with van der Waals surface area (Å²) in [5.41, 5.74) is 0. The van der Waals surface area contributed by atoms with Gasteiger partial charge in [0, 0.05) is 6.61 Å². The van der Waals surface area contributed by atoms with Crippen molar-refractivity contribution >= 4 is 6.47 Å². The summed E-state index contributed by atoms with van der Waals surface area (Å²) in [6.45, 7) is 5.81. The highest BCUT2D eigenvalue weighted by Crippen LogP contribution is 1.90. The summed E-state index contributed by atoms with van der Waals surface area (Å²) < 4.78 is 14.7. The molecule has 72 valence electrons. The van der Waals surface area contributed by atoms with Crippen molar-refractivity contribution in [1.82, 2.24) is 0 Å². The maximum absolute atomic E-state index is 9.82. The van der Waals surface area contributed by atoms with Crippen molar-refractivity contribution in [1.29, 1.82) is 0 Å². The first kappa shape index (κ1) is 11.4. The molecule has 0 saturated heterocycles. The fraction of sp³-hybridized carbons (Fsp3) is 0.875. The molecule has 12 heavy (non-hydrogen) atoms. The molecule has 0 spiro atoms. The quantitative estimate of drug-likeness (QED) is 0.314. The zero-order chi connectivity index (χ0) is 9.23. The molecule has 1 atom stereocenters. The number of carbonyl (C=O) groups is 1. The normalized spacial score (nSPS) is 12.5. The number of hydrogen-bond acceptors (Lipinski definition) is 4. The molecule has 0 aromatic carbocycles. The van der Waals surface area contributed by atoms with Crippen LogP contribution in [0.3, 0.4) is 0 Å². The maximum atomic E-state index is 9.82. The van der Waals surface area contributed by atoms with Crippen LogP contribution in [0.25, 0.3) is 0 Å². The topological polar surface area (TPSA) is 44.8 Å². The molecule has 0 heterocycles. The third-order valence-corrected chi connectivity index (χ3v) is 1.18. The van der Waals surface area contributed by atoms with E-state index in [9.17, 15) is 4.79 Å². The number of hydrogen-bond donors (Lipinski definition) is 0. The zero-order valence-electron chi connectivity index (χ0n) is 7.62. The van der Waals surface area contributed by atoms with E-state index in [1.165, 1.54) is 0 Å². The Balaban J connectivity index is 3.02. The lowest BCUT2D eigenvalue weighted by Gasteiger charge is -2.10. The second-order valence-electron chi connectivity index (χ2n) is 2.28. The van der Waals surface area contributed by atoms with Gasteiger partial charge in [-0.3, -0.25) is 4.79 Å². The first-order valence-corrected chi connectivity index (χ1v) is 4.09. The molecule has 0 aromatic heterocycles. The first-order chi connectivity index (χ1) is 5.81. The minimum absolute atomic E-state index is 0.373. The van der Waals surface area contributed by atoms with Crippen molar-refractivity contribution in [2.24, 2.45) is 0 Å². The van der Waals surface area contributed by atoms with Crippen LogP contribution in [0.4, 0.5) is 0 Å². The van der Waals surface area contributed by atoms with E-state index in [1.54, 1.807) is 6.92 Å². The van der Waals surface area contributed by atoms with Crippen LogP contribution in [0.5, 0.6) is 0 Å². The number of carbonyl (C=O) groups excluding carboxylic acids is 1. The molecule has 0 bridgehead atoms. The van der Waals surface area contributed by atoms with Crippen molar-refractivity contribution in [3.05, 3.63) is 0 Å². The van der Waals surface area contributed by atoms with Crippen LogP contribution in [0.15, 0.2) is 0 Å². The van der Waals surface area contributed by atoms with Crippen LogP contribution in [-0.4, -0.2) is 32.6 Å². The summed E-state index contributed by atoms with van der Waals surface area (Å²) in [5, 5.41) is 0. The molecule has 1 unspecified atom stereocenters. The molecule has 0 aliphatic rings. The van der Waals surface area contributed by atoms with E-state index in [2.05, 4.69) is 4.74 Å². The van der Waals surface area contributed by atoms with E-state index in [1.807, 2.05) is 6.92 Å². The highest BCUT2D eigenvalue weighted by Gasteiger charge is 1.99. The molecule has 0 aromatic rings. The maximum Gasteiger partial charge on any atom is 0.295 e. The Hall–Kier alpha value is -0.610. The van der Waals surface area contributed by atoms with Crippen molar-refractivity contribution in [3.63, 3.8) is 0 Å². The van der Waals surface area contributed by atoms with E-state index >= 15 is 0 Å². The minimum atomic E-state index is -0.479. The molecular weight excluding hydrogens is 160 g/mol. The summed E-state index contributed by atoms with van der Waals surface area (Å²) in [5.74, 6) is 0. The van der Waals surface area contributed by atoms with Crippen LogP contribution in [0.2, 0.25) is 0 Å². The van der Waals surface area contributed by atoms with Crippen LogP contribution in [0, 0.1) is 0 Å². The van der Waals surface area contributed by atoms with E-state index in [4.69, 9.17) is 9.47 Å². The smallest absolute Gasteiger partial charge is 0.295 e. The number of rotatable bonds is 8. The molecule has 0 saturated carbocycles. The highest BCUT2D eigenvalue weighted by atomic mass is 16.7. The predicted octanol–water partition coefficient (Wildman–Crippen LogP) is 0.949. The van der Waals surface area contributed by atoms with Gasteiger partial charge in [0.15, 0.2) is 6.29 Å². The van der Waals surface area contributed by atoms with Gasteiger partial charge in [-0.2, -0.15) is 0 Å². The average molecular weight is 176 g/mol. The first-order valence-electron chi connectivity index (χ1n) is 4.09. The average Bonchev–Trinajstić information content (AvgIpc) is 2.05. The van der Waals surface area contributed by atoms with Gasteiger partial charge in [-0.1, -0.05) is 6.92 Å². The summed E-state index contributed by atoms with van der Waals surface area (Å²) in [6, 6.07) is 0. The van der Waals surface area contributed by atoms with Gasteiger partial charge >= 0.3 is 0 Å². The van der Waals surface area contributed by atoms with Gasteiger partial charge in [0.05, 0.1) is 13.2 Å². The Labute approximate surface area is 72.8 Å². The van der Waals surface area contributed by atoms with Crippen LogP contribution in [-0.2, 0) is 19.0 Å². The van der Waals surface area contributed by atoms with Crippen LogP contribution in [0.1, 0.15) is 20.3 Å². The lowest BCUT2D eigenvalue weighted by molar-refractivity contribution is -0.162. The summed E-state index contributed by atoms with van der Waals surface area (Å²) >= 11 is 0. The van der Waals surface area contributed by atoms with Gasteiger partial charge in [-0.15, -0.1) is 0 Å². The fourth-order valence-electron chi connectivity index (χ4n) is 0.637. The molecule has 0 amide bonds. The van der Waals surface area contributed by atoms with Crippen LogP contribution >= 0.6 is 0 Å². The fourth-order valence-corrected chi connectivity index (χ4v) is 0.637. The Morgan fingerprint density at radius 2 is 2.08 bits per heavy atom. The van der Waals surface area contributed by atoms with Gasteiger partial charge in [-0.25, -0.2) is 0 Å². The van der Waals surface area contributed by atoms with E-state index in [0.29, 0.717) is 19.7 Å². The molecule has 0 fully saturated rings. The molecule has 4 heteroatoms. The molecule has 0 radical (unpaired) electrons. The third-order valence-electron chi connectivity index (χ3n) is 1.18. The molecule has 0 aliphatic carbocycles. The van der Waals surface area contributed by atoms with E-state index in [-0.39, 0.29) is 0 Å². The van der Waals surface area contributed by atoms with Crippen molar-refractivity contribution in [2.75, 3.05) is 19.8 Å². The largest absolute Gasteiger partial charge is 0.438 e. The van der Waals surface area contributed by atoms with E-state index in [0.717, 1.165) is 13.0 Å². The Morgan fingerprint density at radius 1 is 1.33 bits per heavy atom. The van der Waals surface area contributed by atoms with Crippen molar-refractivity contribution in [2.45, 2.75) is 26.6 Å². The Morgan fingerprint density at radius 3 is 2.67 bits per heavy atom. The zero-order valence-corrected chi connectivity index (χ0v) is 7.62. The molecule has 0 N–H and O–H groups in total. The number of ether oxygens (including phenoxy) is 3. The molecule has 0 aliphatic heterocycles. The molecular formula is C8H16O4. The summed E-state index contributed by atoms with van der Waals surface area (Å²) in [7, 11) is 0. The Kier molecular flexibility index (Phi) is 8.05. The van der Waals surface area contributed by atoms with Gasteiger partial charge in [-0.05, 0) is 13.3 Å². The van der Waals surface area contributed by atoms with Gasteiger partial charge < -0.3 is 14.2 Å².